The number of nitrogens with two attached hydrogens (primary N) is 1. The van der Waals surface area contributed by atoms with E-state index in [2.05, 4.69) is 28.9 Å². The Morgan fingerprint density at radius 1 is 1.44 bits per heavy atom. The van der Waals surface area contributed by atoms with E-state index in [1.165, 1.54) is 12.3 Å². The van der Waals surface area contributed by atoms with E-state index in [-0.39, 0.29) is 5.82 Å². The van der Waals surface area contributed by atoms with Gasteiger partial charge in [-0.25, -0.2) is 9.37 Å². The van der Waals surface area contributed by atoms with E-state index in [9.17, 15) is 4.39 Å². The van der Waals surface area contributed by atoms with Gasteiger partial charge in [0, 0.05) is 31.2 Å². The number of halogens is 1. The van der Waals surface area contributed by atoms with Gasteiger partial charge in [0.1, 0.15) is 11.6 Å². The molecular weight excluding hydrogens is 231 g/mol. The minimum absolute atomic E-state index is 0.317. The van der Waals surface area contributed by atoms with Gasteiger partial charge >= 0.3 is 0 Å². The standard InChI is InChI=1S/C13H21FN4/c1-17(2)12-3-5-18(6-4-12)13-10(8-15)7-11(14)9-16-13/h7,9,12H,3-6,8,15H2,1-2H3. The molecule has 1 aliphatic rings. The summed E-state index contributed by atoms with van der Waals surface area (Å²) in [5.41, 5.74) is 6.45. The number of aromatic nitrogens is 1. The van der Waals surface area contributed by atoms with Crippen molar-refractivity contribution >= 4 is 5.82 Å². The second-order valence-corrected chi connectivity index (χ2v) is 5.02. The predicted molar refractivity (Wildman–Crippen MR) is 71.0 cm³/mol. The Hall–Kier alpha value is -1.20. The van der Waals surface area contributed by atoms with Crippen LogP contribution < -0.4 is 10.6 Å². The van der Waals surface area contributed by atoms with Crippen LogP contribution in [0.4, 0.5) is 10.2 Å². The first kappa shape index (κ1) is 13.2. The smallest absolute Gasteiger partial charge is 0.141 e. The molecule has 0 aliphatic carbocycles. The maximum atomic E-state index is 13.1. The van der Waals surface area contributed by atoms with Crippen molar-refractivity contribution in [3.8, 4) is 0 Å². The number of hydrogen-bond donors (Lipinski definition) is 1. The maximum Gasteiger partial charge on any atom is 0.141 e. The van der Waals surface area contributed by atoms with Crippen LogP contribution in [0.2, 0.25) is 0 Å². The second-order valence-electron chi connectivity index (χ2n) is 5.02. The zero-order chi connectivity index (χ0) is 13.1. The molecule has 0 aromatic carbocycles. The molecular formula is C13H21FN4. The third kappa shape index (κ3) is 2.79. The van der Waals surface area contributed by atoms with Gasteiger partial charge < -0.3 is 15.5 Å². The Morgan fingerprint density at radius 2 is 2.11 bits per heavy atom. The van der Waals surface area contributed by atoms with Gasteiger partial charge in [-0.3, -0.25) is 0 Å². The van der Waals surface area contributed by atoms with Gasteiger partial charge in [-0.05, 0) is 33.0 Å². The minimum atomic E-state index is -0.317. The highest BCUT2D eigenvalue weighted by Crippen LogP contribution is 2.23. The van der Waals surface area contributed by atoms with Crippen LogP contribution in [0, 0.1) is 5.82 Å². The lowest BCUT2D eigenvalue weighted by Crippen LogP contribution is -2.42. The van der Waals surface area contributed by atoms with Crippen molar-refractivity contribution in [2.75, 3.05) is 32.1 Å². The molecule has 1 saturated heterocycles. The monoisotopic (exact) mass is 252 g/mol. The SMILES string of the molecule is CN(C)C1CCN(c2ncc(F)cc2CN)CC1. The van der Waals surface area contributed by atoms with Crippen molar-refractivity contribution in [1.29, 1.82) is 0 Å². The van der Waals surface area contributed by atoms with Gasteiger partial charge in [-0.15, -0.1) is 0 Å². The van der Waals surface area contributed by atoms with Crippen LogP contribution in [0.3, 0.4) is 0 Å². The molecule has 0 unspecified atom stereocenters. The van der Waals surface area contributed by atoms with Crippen molar-refractivity contribution in [1.82, 2.24) is 9.88 Å². The van der Waals surface area contributed by atoms with Crippen LogP contribution in [0.25, 0.3) is 0 Å². The average molecular weight is 252 g/mol. The van der Waals surface area contributed by atoms with Gasteiger partial charge in [0.15, 0.2) is 0 Å². The molecule has 18 heavy (non-hydrogen) atoms. The van der Waals surface area contributed by atoms with Crippen molar-refractivity contribution < 1.29 is 4.39 Å². The van der Waals surface area contributed by atoms with E-state index in [0.717, 1.165) is 37.3 Å². The van der Waals surface area contributed by atoms with E-state index in [4.69, 9.17) is 5.73 Å². The first-order chi connectivity index (χ1) is 8.61. The molecule has 100 valence electrons. The van der Waals surface area contributed by atoms with Gasteiger partial charge in [0.25, 0.3) is 0 Å². The van der Waals surface area contributed by atoms with Gasteiger partial charge in [0.05, 0.1) is 6.20 Å². The highest BCUT2D eigenvalue weighted by Gasteiger charge is 2.22. The molecule has 0 atom stereocenters. The van der Waals surface area contributed by atoms with Gasteiger partial charge in [-0.2, -0.15) is 0 Å². The molecule has 2 N–H and O–H groups in total. The molecule has 1 aromatic rings. The number of piperidine rings is 1. The maximum absolute atomic E-state index is 13.1. The molecule has 4 nitrogen and oxygen atoms in total. The molecule has 1 fully saturated rings. The lowest BCUT2D eigenvalue weighted by Gasteiger charge is -2.36. The number of pyridine rings is 1. The topological polar surface area (TPSA) is 45.4 Å². The van der Waals surface area contributed by atoms with E-state index >= 15 is 0 Å². The Kier molecular flexibility index (Phi) is 4.14. The summed E-state index contributed by atoms with van der Waals surface area (Å²) in [6.07, 6.45) is 3.48. The zero-order valence-electron chi connectivity index (χ0n) is 11.1. The molecule has 1 aliphatic heterocycles. The Morgan fingerprint density at radius 3 is 2.67 bits per heavy atom. The first-order valence-corrected chi connectivity index (χ1v) is 6.37. The molecule has 0 radical (unpaired) electrons. The van der Waals surface area contributed by atoms with Crippen LogP contribution in [0.1, 0.15) is 18.4 Å². The molecule has 0 bridgehead atoms. The quantitative estimate of drug-likeness (QED) is 0.878. The summed E-state index contributed by atoms with van der Waals surface area (Å²) in [6, 6.07) is 2.11. The van der Waals surface area contributed by atoms with E-state index in [1.807, 2.05) is 0 Å². The largest absolute Gasteiger partial charge is 0.356 e. The molecule has 0 saturated carbocycles. The summed E-state index contributed by atoms with van der Waals surface area (Å²) in [5, 5.41) is 0. The number of rotatable bonds is 3. The van der Waals surface area contributed by atoms with Crippen LogP contribution >= 0.6 is 0 Å². The molecule has 0 spiro atoms. The van der Waals surface area contributed by atoms with Crippen LogP contribution in [-0.2, 0) is 6.54 Å². The van der Waals surface area contributed by atoms with Gasteiger partial charge in [0.2, 0.25) is 0 Å². The molecule has 2 heterocycles. The summed E-state index contributed by atoms with van der Waals surface area (Å²) < 4.78 is 13.1. The van der Waals surface area contributed by atoms with E-state index < -0.39 is 0 Å². The summed E-state index contributed by atoms with van der Waals surface area (Å²) in [5.74, 6) is 0.526. The molecule has 0 amide bonds. The lowest BCUT2D eigenvalue weighted by molar-refractivity contribution is 0.249. The third-order valence-electron chi connectivity index (χ3n) is 3.62. The van der Waals surface area contributed by atoms with Crippen molar-refractivity contribution in [2.45, 2.75) is 25.4 Å². The molecule has 1 aromatic heterocycles. The summed E-state index contributed by atoms with van der Waals surface area (Å²) in [4.78, 5) is 8.67. The fourth-order valence-corrected chi connectivity index (χ4v) is 2.50. The van der Waals surface area contributed by atoms with Crippen LogP contribution in [-0.4, -0.2) is 43.1 Å². The van der Waals surface area contributed by atoms with Crippen LogP contribution in [0.15, 0.2) is 12.3 Å². The Bertz CT molecular complexity index is 400. The lowest BCUT2D eigenvalue weighted by atomic mass is 10.0. The van der Waals surface area contributed by atoms with Gasteiger partial charge in [-0.1, -0.05) is 0 Å². The normalized spacial score (nSPS) is 17.5. The van der Waals surface area contributed by atoms with Crippen molar-refractivity contribution in [2.24, 2.45) is 5.73 Å². The number of nitrogens with zero attached hydrogens (tertiary/aromatic N) is 3. The number of hydrogen-bond acceptors (Lipinski definition) is 4. The van der Waals surface area contributed by atoms with Crippen molar-refractivity contribution in [3.63, 3.8) is 0 Å². The highest BCUT2D eigenvalue weighted by atomic mass is 19.1. The van der Waals surface area contributed by atoms with Crippen LogP contribution in [0.5, 0.6) is 0 Å². The zero-order valence-corrected chi connectivity index (χ0v) is 11.1. The molecule has 5 heteroatoms. The minimum Gasteiger partial charge on any atom is -0.356 e. The summed E-state index contributed by atoms with van der Waals surface area (Å²) in [6.45, 7) is 2.23. The second kappa shape index (κ2) is 5.63. The van der Waals surface area contributed by atoms with E-state index in [0.29, 0.717) is 12.6 Å². The fourth-order valence-electron chi connectivity index (χ4n) is 2.50. The fraction of sp³-hybridized carbons (Fsp3) is 0.615. The Balaban J connectivity index is 2.09. The molecule has 2 rings (SSSR count). The average Bonchev–Trinajstić information content (AvgIpc) is 2.38. The highest BCUT2D eigenvalue weighted by molar-refractivity contribution is 5.47. The van der Waals surface area contributed by atoms with E-state index in [1.54, 1.807) is 0 Å². The number of anilines is 1. The van der Waals surface area contributed by atoms with Crippen molar-refractivity contribution in [3.05, 3.63) is 23.6 Å². The summed E-state index contributed by atoms with van der Waals surface area (Å²) in [7, 11) is 4.23. The third-order valence-corrected chi connectivity index (χ3v) is 3.62. The summed E-state index contributed by atoms with van der Waals surface area (Å²) >= 11 is 0. The predicted octanol–water partition coefficient (Wildman–Crippen LogP) is 1.21. The Labute approximate surface area is 108 Å². The first-order valence-electron chi connectivity index (χ1n) is 6.37.